The Morgan fingerprint density at radius 2 is 0.838 bits per heavy atom. The monoisotopic (exact) mass is 534 g/mol. The first-order valence-corrected chi connectivity index (χ1v) is 12.3. The lowest BCUT2D eigenvalue weighted by Crippen LogP contribution is -2.30. The number of hydrogen-bond donors (Lipinski definition) is 4. The van der Waals surface area contributed by atoms with Crippen molar-refractivity contribution in [1.29, 1.82) is 0 Å². The van der Waals surface area contributed by atoms with Gasteiger partial charge in [-0.25, -0.2) is 4.79 Å². The maximum atomic E-state index is 11.6. The van der Waals surface area contributed by atoms with E-state index in [0.717, 1.165) is 0 Å². The third-order valence-corrected chi connectivity index (χ3v) is 6.21. The topological polar surface area (TPSA) is 175 Å². The largest absolute Gasteiger partial charge is 0.481 e. The smallest absolute Gasteiger partial charge is 0.335 e. The molecule has 0 spiro atoms. The van der Waals surface area contributed by atoms with E-state index in [1.807, 2.05) is 27.7 Å². The predicted octanol–water partition coefficient (Wildman–Crippen LogP) is 4.80. The highest BCUT2D eigenvalue weighted by atomic mass is 16.5. The average molecular weight is 535 g/mol. The lowest BCUT2D eigenvalue weighted by molar-refractivity contribution is -0.155. The maximum Gasteiger partial charge on any atom is 0.335 e. The van der Waals surface area contributed by atoms with Gasteiger partial charge >= 0.3 is 23.9 Å². The minimum Gasteiger partial charge on any atom is -0.481 e. The highest BCUT2D eigenvalue weighted by Crippen LogP contribution is 2.33. The summed E-state index contributed by atoms with van der Waals surface area (Å²) in [6.45, 7) is 20.2. The van der Waals surface area contributed by atoms with E-state index < -0.39 is 39.8 Å². The van der Waals surface area contributed by atoms with Crippen LogP contribution in [0, 0.1) is 21.7 Å². The van der Waals surface area contributed by atoms with Crippen LogP contribution >= 0.6 is 0 Å². The van der Waals surface area contributed by atoms with Gasteiger partial charge in [-0.1, -0.05) is 13.8 Å². The molecule has 0 aromatic heterocycles. The maximum absolute atomic E-state index is 11.6. The molecule has 4 N–H and O–H groups in total. The van der Waals surface area contributed by atoms with Crippen molar-refractivity contribution in [3.63, 3.8) is 0 Å². The van der Waals surface area contributed by atoms with Gasteiger partial charge in [0, 0.05) is 5.41 Å². The van der Waals surface area contributed by atoms with Gasteiger partial charge in [-0.2, -0.15) is 0 Å². The predicted molar refractivity (Wildman–Crippen MR) is 140 cm³/mol. The molecule has 10 nitrogen and oxygen atoms in total. The van der Waals surface area contributed by atoms with E-state index in [1.165, 1.54) is 13.8 Å². The average Bonchev–Trinajstić information content (AvgIpc) is 2.71. The molecule has 0 amide bonds. The van der Waals surface area contributed by atoms with Gasteiger partial charge in [-0.15, -0.1) is 0 Å². The Kier molecular flexibility index (Phi) is 15.9. The minimum atomic E-state index is -1.58. The van der Waals surface area contributed by atoms with Gasteiger partial charge in [0.2, 0.25) is 0 Å². The molecule has 0 rings (SSSR count). The van der Waals surface area contributed by atoms with Crippen LogP contribution in [-0.2, 0) is 28.7 Å². The molecule has 0 aromatic carbocycles. The number of hydrogen-bond acceptors (Lipinski definition) is 7. The van der Waals surface area contributed by atoms with Crippen LogP contribution in [0.15, 0.2) is 0 Å². The van der Waals surface area contributed by atoms with E-state index in [0.29, 0.717) is 32.3 Å². The van der Waals surface area contributed by atoms with Gasteiger partial charge in [-0.3, -0.25) is 19.2 Å². The van der Waals surface area contributed by atoms with Gasteiger partial charge in [0.25, 0.3) is 0 Å². The first kappa shape index (κ1) is 39.0. The molecule has 0 atom stereocenters. The Morgan fingerprint density at radius 3 is 1.05 bits per heavy atom. The second kappa shape index (κ2) is 15.1. The summed E-state index contributed by atoms with van der Waals surface area (Å²) in [6, 6.07) is 0. The SMILES string of the molecule is CC(C)(CCC(C)(C)C(=O)O)C(=O)O.CC(C)(O)C(=O)O.CCOC(=O)C(C)(C)CCC(C)(C)C(C)=O. The molecule has 0 aliphatic carbocycles. The van der Waals surface area contributed by atoms with Gasteiger partial charge in [0.15, 0.2) is 5.60 Å². The quantitative estimate of drug-likeness (QED) is 0.254. The molecule has 0 heterocycles. The molecular weight excluding hydrogens is 484 g/mol. The molecule has 0 aliphatic heterocycles. The molecule has 10 heteroatoms. The Labute approximate surface area is 221 Å². The lowest BCUT2D eigenvalue weighted by Gasteiger charge is -2.27. The van der Waals surface area contributed by atoms with Crippen molar-refractivity contribution < 1.29 is 49.1 Å². The number of carbonyl (C=O) groups is 5. The van der Waals surface area contributed by atoms with Crippen molar-refractivity contribution in [3.8, 4) is 0 Å². The summed E-state index contributed by atoms with van der Waals surface area (Å²) in [5, 5.41) is 34.2. The van der Waals surface area contributed by atoms with E-state index in [-0.39, 0.29) is 17.2 Å². The van der Waals surface area contributed by atoms with Gasteiger partial charge in [-0.05, 0) is 94.9 Å². The highest BCUT2D eigenvalue weighted by Gasteiger charge is 2.34. The Hall–Kier alpha value is -2.49. The summed E-state index contributed by atoms with van der Waals surface area (Å²) in [7, 11) is 0. The zero-order valence-corrected chi connectivity index (χ0v) is 24.8. The zero-order chi connectivity index (χ0) is 30.6. The van der Waals surface area contributed by atoms with Crippen LogP contribution in [0.1, 0.15) is 109 Å². The summed E-state index contributed by atoms with van der Waals surface area (Å²) >= 11 is 0. The molecule has 37 heavy (non-hydrogen) atoms. The van der Waals surface area contributed by atoms with Crippen molar-refractivity contribution in [2.45, 2.75) is 114 Å². The highest BCUT2D eigenvalue weighted by molar-refractivity contribution is 5.81. The molecule has 218 valence electrons. The molecule has 0 radical (unpaired) electrons. The Balaban J connectivity index is -0.000000503. The molecule has 0 aromatic rings. The fourth-order valence-electron chi connectivity index (χ4n) is 2.07. The normalized spacial score (nSPS) is 12.2. The molecule has 0 fully saturated rings. The molecular formula is C27H50O10. The molecule has 0 aliphatic rings. The third-order valence-electron chi connectivity index (χ3n) is 6.21. The fraction of sp³-hybridized carbons (Fsp3) is 0.815. The number of esters is 1. The van der Waals surface area contributed by atoms with E-state index >= 15 is 0 Å². The Bertz CT molecular complexity index is 757. The number of ether oxygens (including phenoxy) is 1. The van der Waals surface area contributed by atoms with Crippen LogP contribution in [0.3, 0.4) is 0 Å². The number of aliphatic carboxylic acids is 3. The number of carboxylic acids is 3. The molecule has 0 unspecified atom stereocenters. The van der Waals surface area contributed by atoms with Gasteiger partial charge in [0.1, 0.15) is 5.78 Å². The number of carbonyl (C=O) groups excluding carboxylic acids is 2. The first-order chi connectivity index (χ1) is 16.2. The van der Waals surface area contributed by atoms with Crippen molar-refractivity contribution >= 4 is 29.7 Å². The number of carboxylic acid groups (broad SMARTS) is 3. The number of rotatable bonds is 12. The third kappa shape index (κ3) is 16.8. The summed E-state index contributed by atoms with van der Waals surface area (Å²) in [6.07, 6.45) is 2.09. The van der Waals surface area contributed by atoms with Crippen molar-refractivity contribution in [2.24, 2.45) is 21.7 Å². The number of ketones is 1. The summed E-state index contributed by atoms with van der Waals surface area (Å²) < 4.78 is 5.01. The van der Waals surface area contributed by atoms with Crippen molar-refractivity contribution in [3.05, 3.63) is 0 Å². The molecule has 0 saturated heterocycles. The number of aliphatic hydroxyl groups is 1. The zero-order valence-electron chi connectivity index (χ0n) is 24.8. The van der Waals surface area contributed by atoms with E-state index in [2.05, 4.69) is 0 Å². The minimum absolute atomic E-state index is 0.159. The van der Waals surface area contributed by atoms with Crippen LogP contribution in [0.4, 0.5) is 0 Å². The van der Waals surface area contributed by atoms with Gasteiger partial charge < -0.3 is 25.2 Å². The number of Topliss-reactive ketones (excluding diaryl/α,β-unsaturated/α-hetero) is 1. The second-order valence-corrected chi connectivity index (χ2v) is 12.3. The fourth-order valence-corrected chi connectivity index (χ4v) is 2.07. The first-order valence-electron chi connectivity index (χ1n) is 12.3. The summed E-state index contributed by atoms with van der Waals surface area (Å²) in [5.41, 5.74) is -4.16. The van der Waals surface area contributed by atoms with Crippen molar-refractivity contribution in [1.82, 2.24) is 0 Å². The van der Waals surface area contributed by atoms with Gasteiger partial charge in [0.05, 0.1) is 22.9 Å². The van der Waals surface area contributed by atoms with E-state index in [9.17, 15) is 24.0 Å². The lowest BCUT2D eigenvalue weighted by atomic mass is 9.77. The van der Waals surface area contributed by atoms with E-state index in [4.69, 9.17) is 25.2 Å². The molecule has 0 bridgehead atoms. The van der Waals surface area contributed by atoms with Crippen LogP contribution in [0.25, 0.3) is 0 Å². The standard InChI is InChI=1S/C13H24O3.C10H18O4.C4H8O3/c1-7-16-11(15)13(5,6)9-8-12(3,4)10(2)14;1-9(2,7(11)12)5-6-10(3,4)8(13)14;1-4(2,7)3(5)6/h7-9H2,1-6H3;5-6H2,1-4H3,(H,11,12)(H,13,14);7H,1-2H3,(H,5,6). The Morgan fingerprint density at radius 1 is 0.568 bits per heavy atom. The van der Waals surface area contributed by atoms with Crippen LogP contribution in [-0.4, -0.2) is 62.3 Å². The van der Waals surface area contributed by atoms with Crippen molar-refractivity contribution in [2.75, 3.05) is 6.61 Å². The summed E-state index contributed by atoms with van der Waals surface area (Å²) in [4.78, 5) is 54.3. The van der Waals surface area contributed by atoms with Crippen LogP contribution < -0.4 is 0 Å². The van der Waals surface area contributed by atoms with Crippen LogP contribution in [0.5, 0.6) is 0 Å². The summed E-state index contributed by atoms with van der Waals surface area (Å²) in [5.74, 6) is -3.01. The second-order valence-electron chi connectivity index (χ2n) is 12.3. The van der Waals surface area contributed by atoms with E-state index in [1.54, 1.807) is 41.5 Å². The molecule has 0 saturated carbocycles. The van der Waals surface area contributed by atoms with Crippen LogP contribution in [0.2, 0.25) is 0 Å².